The van der Waals surface area contributed by atoms with Crippen molar-refractivity contribution in [2.24, 2.45) is 10.9 Å². The normalized spacial score (nSPS) is 22.2. The largest absolute Gasteiger partial charge is 0.456 e. The molecule has 0 spiro atoms. The van der Waals surface area contributed by atoms with Gasteiger partial charge in [-0.15, -0.1) is 0 Å². The summed E-state index contributed by atoms with van der Waals surface area (Å²) in [5.74, 6) is 1.38. The highest BCUT2D eigenvalue weighted by Gasteiger charge is 2.48. The minimum atomic E-state index is -0.0902. The van der Waals surface area contributed by atoms with Crippen molar-refractivity contribution in [2.45, 2.75) is 44.1 Å². The summed E-state index contributed by atoms with van der Waals surface area (Å²) in [6.07, 6.45) is 11.3. The molecule has 54 heavy (non-hydrogen) atoms. The van der Waals surface area contributed by atoms with E-state index in [0.717, 1.165) is 51.9 Å². The second-order valence-corrected chi connectivity index (χ2v) is 15.5. The number of allylic oxidation sites excluding steroid dienone is 5. The molecule has 1 N–H and O–H groups in total. The molecule has 3 heteroatoms. The van der Waals surface area contributed by atoms with Gasteiger partial charge in [0, 0.05) is 28.2 Å². The number of benzene rings is 6. The summed E-state index contributed by atoms with van der Waals surface area (Å²) in [6.45, 7) is 4.85. The summed E-state index contributed by atoms with van der Waals surface area (Å²) in [4.78, 5) is 5.58. The predicted molar refractivity (Wildman–Crippen MR) is 224 cm³/mol. The predicted octanol–water partition coefficient (Wildman–Crippen LogP) is 12.9. The molecule has 262 valence electrons. The molecule has 3 atom stereocenters. The molecule has 7 aromatic rings. The number of para-hydroxylation sites is 1. The zero-order valence-corrected chi connectivity index (χ0v) is 30.7. The Kier molecular flexibility index (Phi) is 7.84. The van der Waals surface area contributed by atoms with Gasteiger partial charge in [0.25, 0.3) is 0 Å². The van der Waals surface area contributed by atoms with Crippen LogP contribution in [0.3, 0.4) is 0 Å². The maximum absolute atomic E-state index is 6.37. The van der Waals surface area contributed by atoms with Gasteiger partial charge in [-0.2, -0.15) is 0 Å². The Labute approximate surface area is 317 Å². The average Bonchev–Trinajstić information content (AvgIpc) is 3.70. The quantitative estimate of drug-likeness (QED) is 0.194. The van der Waals surface area contributed by atoms with Crippen LogP contribution < -0.4 is 5.32 Å². The highest BCUT2D eigenvalue weighted by molar-refractivity contribution is 6.08. The molecule has 0 amide bonds. The monoisotopic (exact) mass is 698 g/mol. The lowest BCUT2D eigenvalue weighted by Crippen LogP contribution is -2.32. The van der Waals surface area contributed by atoms with Crippen molar-refractivity contribution in [1.82, 2.24) is 5.32 Å². The molecular formula is C51H42N2O. The van der Waals surface area contributed by atoms with Gasteiger partial charge >= 0.3 is 0 Å². The van der Waals surface area contributed by atoms with E-state index in [1.807, 2.05) is 12.1 Å². The van der Waals surface area contributed by atoms with Crippen molar-refractivity contribution >= 4 is 27.8 Å². The van der Waals surface area contributed by atoms with Gasteiger partial charge in [-0.05, 0) is 87.0 Å². The standard InChI is InChI=1S/C51H42N2O/c1-51(2)44-29-27-37(36-19-11-18-35(30-36)33-14-5-3-6-15-33)31-43(44)41-21-12-22-42(49(41)51)46-24-13-23-45(34-16-7-4-8-17-34)52-50(53-46)38-26-28-40-39-20-9-10-25-47(39)54-48(40)32-38/h3-12,14-22,24-32,41,45,49H,13,23H2,1-2H3,(H,52,53)/b46-24-. The van der Waals surface area contributed by atoms with Crippen LogP contribution in [0.2, 0.25) is 0 Å². The lowest BCUT2D eigenvalue weighted by molar-refractivity contribution is 0.377. The number of fused-ring (bicyclic) bond motifs is 6. The van der Waals surface area contributed by atoms with E-state index in [-0.39, 0.29) is 23.3 Å². The van der Waals surface area contributed by atoms with Crippen molar-refractivity contribution in [3.8, 4) is 22.3 Å². The fourth-order valence-electron chi connectivity index (χ4n) is 9.30. The lowest BCUT2D eigenvalue weighted by atomic mass is 9.69. The molecule has 3 unspecified atom stereocenters. The van der Waals surface area contributed by atoms with Gasteiger partial charge in [-0.25, -0.2) is 4.99 Å². The zero-order chi connectivity index (χ0) is 36.2. The Morgan fingerprint density at radius 2 is 1.35 bits per heavy atom. The number of aliphatic imine (C=N–C) groups is 1. The number of rotatable bonds is 5. The van der Waals surface area contributed by atoms with Crippen molar-refractivity contribution in [1.29, 1.82) is 0 Å². The van der Waals surface area contributed by atoms with Crippen LogP contribution in [0.1, 0.15) is 60.9 Å². The first kappa shape index (κ1) is 32.5. The van der Waals surface area contributed by atoms with Crippen LogP contribution in [0, 0.1) is 5.92 Å². The molecule has 3 aliphatic rings. The highest BCUT2D eigenvalue weighted by atomic mass is 16.3. The van der Waals surface area contributed by atoms with E-state index < -0.39 is 0 Å². The summed E-state index contributed by atoms with van der Waals surface area (Å²) >= 11 is 0. The molecule has 1 aromatic heterocycles. The van der Waals surface area contributed by atoms with E-state index in [9.17, 15) is 0 Å². The molecule has 6 aromatic carbocycles. The summed E-state index contributed by atoms with van der Waals surface area (Å²) in [6, 6.07) is 52.5. The third-order valence-corrected chi connectivity index (χ3v) is 12.0. The number of nitrogens with zero attached hydrogens (tertiary/aromatic N) is 1. The fraction of sp³-hybridized carbons (Fsp3) is 0.157. The Balaban J connectivity index is 1.04. The maximum Gasteiger partial charge on any atom is 0.136 e. The summed E-state index contributed by atoms with van der Waals surface area (Å²) < 4.78 is 6.37. The van der Waals surface area contributed by atoms with Crippen molar-refractivity contribution < 1.29 is 4.42 Å². The second-order valence-electron chi connectivity index (χ2n) is 15.5. The second kappa shape index (κ2) is 13.0. The molecule has 0 radical (unpaired) electrons. The number of hydrogen-bond acceptors (Lipinski definition) is 3. The number of hydrogen-bond donors (Lipinski definition) is 1. The molecule has 10 rings (SSSR count). The maximum atomic E-state index is 6.37. The van der Waals surface area contributed by atoms with Crippen molar-refractivity contribution in [3.63, 3.8) is 0 Å². The third-order valence-electron chi connectivity index (χ3n) is 12.0. The Morgan fingerprint density at radius 1 is 0.648 bits per heavy atom. The van der Waals surface area contributed by atoms with E-state index in [0.29, 0.717) is 0 Å². The molecule has 0 fully saturated rings. The summed E-state index contributed by atoms with van der Waals surface area (Å²) in [5.41, 5.74) is 14.2. The number of nitrogens with one attached hydrogen (secondary N) is 1. The molecule has 2 aliphatic carbocycles. The molecular weight excluding hydrogens is 657 g/mol. The van der Waals surface area contributed by atoms with Crippen LogP contribution in [0.15, 0.2) is 191 Å². The van der Waals surface area contributed by atoms with Gasteiger partial charge in [0.2, 0.25) is 0 Å². The zero-order valence-electron chi connectivity index (χ0n) is 30.7. The van der Waals surface area contributed by atoms with Gasteiger partial charge in [-0.3, -0.25) is 0 Å². The highest BCUT2D eigenvalue weighted by Crippen LogP contribution is 2.57. The van der Waals surface area contributed by atoms with Gasteiger partial charge in [0.15, 0.2) is 0 Å². The Hall–Kier alpha value is -6.19. The molecule has 0 saturated carbocycles. The average molecular weight is 699 g/mol. The SMILES string of the molecule is CC1(C)c2ccc(-c3cccc(-c4ccccc4)c3)cc2C2C=CC=C(C3=C/CCC(c4ccccc4)N/C(c4ccc5c(c4)oc4ccccc45)=N\3)C21. The van der Waals surface area contributed by atoms with Gasteiger partial charge in [0.05, 0.1) is 11.7 Å². The van der Waals surface area contributed by atoms with E-state index >= 15 is 0 Å². The van der Waals surface area contributed by atoms with Crippen LogP contribution in [0.4, 0.5) is 0 Å². The molecule has 0 saturated heterocycles. The van der Waals surface area contributed by atoms with Crippen LogP contribution >= 0.6 is 0 Å². The first-order valence-electron chi connectivity index (χ1n) is 19.2. The molecule has 1 aliphatic heterocycles. The number of furan rings is 1. The minimum absolute atomic E-state index is 0.0902. The molecule has 2 heterocycles. The summed E-state index contributed by atoms with van der Waals surface area (Å²) in [5, 5.41) is 6.17. The van der Waals surface area contributed by atoms with Crippen LogP contribution in [0.5, 0.6) is 0 Å². The van der Waals surface area contributed by atoms with Gasteiger partial charge in [-0.1, -0.05) is 159 Å². The van der Waals surface area contributed by atoms with E-state index in [1.54, 1.807) is 0 Å². The van der Waals surface area contributed by atoms with Crippen molar-refractivity contribution in [2.75, 3.05) is 0 Å². The van der Waals surface area contributed by atoms with Crippen LogP contribution in [-0.2, 0) is 5.41 Å². The molecule has 0 bridgehead atoms. The van der Waals surface area contributed by atoms with Crippen LogP contribution in [0.25, 0.3) is 44.2 Å². The van der Waals surface area contributed by atoms with E-state index in [1.165, 1.54) is 44.5 Å². The topological polar surface area (TPSA) is 37.5 Å². The first-order valence-corrected chi connectivity index (χ1v) is 19.2. The van der Waals surface area contributed by atoms with Gasteiger partial charge < -0.3 is 9.73 Å². The minimum Gasteiger partial charge on any atom is -0.456 e. The summed E-state index contributed by atoms with van der Waals surface area (Å²) in [7, 11) is 0. The van der Waals surface area contributed by atoms with Crippen LogP contribution in [-0.4, -0.2) is 5.84 Å². The first-order chi connectivity index (χ1) is 26.5. The molecule has 3 nitrogen and oxygen atoms in total. The number of amidine groups is 1. The van der Waals surface area contributed by atoms with Crippen molar-refractivity contribution in [3.05, 3.63) is 203 Å². The smallest absolute Gasteiger partial charge is 0.136 e. The Bertz CT molecular complexity index is 2670. The lowest BCUT2D eigenvalue weighted by Gasteiger charge is -2.35. The van der Waals surface area contributed by atoms with E-state index in [4.69, 9.17) is 9.41 Å². The fourth-order valence-corrected chi connectivity index (χ4v) is 9.30. The Morgan fingerprint density at radius 3 is 2.20 bits per heavy atom. The third kappa shape index (κ3) is 5.54. The van der Waals surface area contributed by atoms with E-state index in [2.05, 4.69) is 177 Å². The van der Waals surface area contributed by atoms with Gasteiger partial charge in [0.1, 0.15) is 17.0 Å².